The molecule has 1 aromatic heterocycles. The number of nitrogens with zero attached hydrogens (tertiary/aromatic N) is 5. The van der Waals surface area contributed by atoms with Gasteiger partial charge in [0.25, 0.3) is 0 Å². The summed E-state index contributed by atoms with van der Waals surface area (Å²) in [6, 6.07) is 25.3. The molecule has 4 aromatic rings. The maximum absolute atomic E-state index is 13.3. The molecular weight excluding hydrogens is 550 g/mol. The van der Waals surface area contributed by atoms with E-state index in [1.54, 1.807) is 14.2 Å². The fourth-order valence-electron chi connectivity index (χ4n) is 5.09. The number of piperazine rings is 1. The van der Waals surface area contributed by atoms with Crippen molar-refractivity contribution >= 4 is 23.6 Å². The van der Waals surface area contributed by atoms with Gasteiger partial charge in [0.05, 0.1) is 20.0 Å². The van der Waals surface area contributed by atoms with Crippen molar-refractivity contribution in [3.8, 4) is 28.6 Å². The van der Waals surface area contributed by atoms with Gasteiger partial charge in [0.2, 0.25) is 11.8 Å². The quantitative estimate of drug-likeness (QED) is 0.249. The van der Waals surface area contributed by atoms with Gasteiger partial charge in [-0.05, 0) is 55.3 Å². The van der Waals surface area contributed by atoms with Gasteiger partial charge in [0.1, 0.15) is 11.5 Å². The lowest BCUT2D eigenvalue weighted by molar-refractivity contribution is -0.141. The number of methoxy groups -OCH3 is 2. The minimum atomic E-state index is -0.0430. The Morgan fingerprint density at radius 1 is 0.881 bits per heavy atom. The lowest BCUT2D eigenvalue weighted by Gasteiger charge is -2.40. The second-order valence-electron chi connectivity index (χ2n) is 10.1. The van der Waals surface area contributed by atoms with Crippen LogP contribution in [0.5, 0.6) is 11.5 Å². The van der Waals surface area contributed by atoms with Gasteiger partial charge in [-0.15, -0.1) is 10.2 Å². The number of rotatable bonds is 10. The van der Waals surface area contributed by atoms with Crippen molar-refractivity contribution < 1.29 is 19.1 Å². The van der Waals surface area contributed by atoms with Crippen LogP contribution < -0.4 is 9.47 Å². The van der Waals surface area contributed by atoms with Gasteiger partial charge in [-0.25, -0.2) is 0 Å². The molecule has 1 aliphatic rings. The van der Waals surface area contributed by atoms with Crippen molar-refractivity contribution in [2.45, 2.75) is 31.0 Å². The highest BCUT2D eigenvalue weighted by Gasteiger charge is 2.30. The third kappa shape index (κ3) is 6.76. The highest BCUT2D eigenvalue weighted by Crippen LogP contribution is 2.31. The minimum Gasteiger partial charge on any atom is -0.497 e. The third-order valence-electron chi connectivity index (χ3n) is 7.39. The molecular formula is C32H35N5O4S. The van der Waals surface area contributed by atoms with Crippen LogP contribution in [0, 0.1) is 0 Å². The van der Waals surface area contributed by atoms with Gasteiger partial charge in [-0.1, -0.05) is 54.2 Å². The summed E-state index contributed by atoms with van der Waals surface area (Å²) >= 11 is 1.35. The molecule has 2 amide bonds. The average Bonchev–Trinajstić information content (AvgIpc) is 3.47. The van der Waals surface area contributed by atoms with Gasteiger partial charge < -0.3 is 19.3 Å². The standard InChI is InChI=1S/C32H35N5O4S/c1-23-21-35(18-19-36(23)29(38)17-12-24-8-5-4-6-9-24)30(39)22-42-32-34-33-31(25-10-7-11-28(20-25)41-3)37(32)26-13-15-27(40-2)16-14-26/h4-11,13-16,20,23H,12,17-19,21-22H2,1-3H3. The first-order valence-corrected chi connectivity index (χ1v) is 14.9. The normalized spacial score (nSPS) is 15.0. The number of hydrogen-bond donors (Lipinski definition) is 0. The zero-order valence-corrected chi connectivity index (χ0v) is 24.9. The molecule has 5 rings (SSSR count). The largest absolute Gasteiger partial charge is 0.497 e. The molecule has 0 radical (unpaired) electrons. The molecule has 42 heavy (non-hydrogen) atoms. The number of ether oxygens (including phenoxy) is 2. The Labute approximate surface area is 250 Å². The summed E-state index contributed by atoms with van der Waals surface area (Å²) in [7, 11) is 3.26. The first-order chi connectivity index (χ1) is 20.5. The molecule has 0 aliphatic carbocycles. The highest BCUT2D eigenvalue weighted by atomic mass is 32.2. The van der Waals surface area contributed by atoms with E-state index in [-0.39, 0.29) is 23.6 Å². The predicted octanol–water partition coefficient (Wildman–Crippen LogP) is 4.74. The second-order valence-corrected chi connectivity index (χ2v) is 11.1. The molecule has 0 bridgehead atoms. The van der Waals surface area contributed by atoms with E-state index in [0.717, 1.165) is 29.0 Å². The van der Waals surface area contributed by atoms with E-state index in [1.807, 2.05) is 100 Å². The first kappa shape index (κ1) is 29.2. The summed E-state index contributed by atoms with van der Waals surface area (Å²) in [6.07, 6.45) is 1.18. The number of carbonyl (C=O) groups excluding carboxylic acids is 2. The summed E-state index contributed by atoms with van der Waals surface area (Å²) in [6.45, 7) is 3.57. The molecule has 1 aliphatic heterocycles. The van der Waals surface area contributed by atoms with Crippen LogP contribution in [0.15, 0.2) is 84.0 Å². The van der Waals surface area contributed by atoms with Gasteiger partial charge in [-0.3, -0.25) is 14.2 Å². The molecule has 1 atom stereocenters. The average molecular weight is 586 g/mol. The molecule has 1 unspecified atom stereocenters. The molecule has 0 N–H and O–H groups in total. The Morgan fingerprint density at radius 3 is 2.36 bits per heavy atom. The molecule has 9 nitrogen and oxygen atoms in total. The van der Waals surface area contributed by atoms with E-state index in [1.165, 1.54) is 11.8 Å². The molecule has 10 heteroatoms. The van der Waals surface area contributed by atoms with Crippen molar-refractivity contribution in [1.82, 2.24) is 24.6 Å². The van der Waals surface area contributed by atoms with E-state index in [0.29, 0.717) is 42.8 Å². The Morgan fingerprint density at radius 2 is 1.64 bits per heavy atom. The fourth-order valence-corrected chi connectivity index (χ4v) is 5.94. The minimum absolute atomic E-state index is 0.00967. The monoisotopic (exact) mass is 585 g/mol. The number of aryl methyl sites for hydroxylation is 1. The van der Waals surface area contributed by atoms with Crippen LogP contribution in [0.1, 0.15) is 18.9 Å². The summed E-state index contributed by atoms with van der Waals surface area (Å²) < 4.78 is 12.7. The third-order valence-corrected chi connectivity index (χ3v) is 8.30. The Hall–Kier alpha value is -4.31. The van der Waals surface area contributed by atoms with Crippen molar-refractivity contribution in [2.24, 2.45) is 0 Å². The van der Waals surface area contributed by atoms with Gasteiger partial charge in [0, 0.05) is 43.3 Å². The van der Waals surface area contributed by atoms with Crippen LogP contribution in [0.25, 0.3) is 17.1 Å². The van der Waals surface area contributed by atoms with E-state index in [9.17, 15) is 9.59 Å². The molecule has 2 heterocycles. The Balaban J connectivity index is 1.25. The summed E-state index contributed by atoms with van der Waals surface area (Å²) in [5, 5.41) is 9.55. The Kier molecular flexibility index (Phi) is 9.43. The van der Waals surface area contributed by atoms with E-state index in [4.69, 9.17) is 9.47 Å². The van der Waals surface area contributed by atoms with Crippen LogP contribution in [0.3, 0.4) is 0 Å². The van der Waals surface area contributed by atoms with Gasteiger partial charge in [-0.2, -0.15) is 0 Å². The first-order valence-electron chi connectivity index (χ1n) is 13.9. The van der Waals surface area contributed by atoms with Crippen LogP contribution in [-0.2, 0) is 16.0 Å². The zero-order valence-electron chi connectivity index (χ0n) is 24.1. The van der Waals surface area contributed by atoms with E-state index < -0.39 is 0 Å². The smallest absolute Gasteiger partial charge is 0.233 e. The van der Waals surface area contributed by atoms with Crippen molar-refractivity contribution in [1.29, 1.82) is 0 Å². The van der Waals surface area contributed by atoms with Crippen molar-refractivity contribution in [2.75, 3.05) is 39.6 Å². The molecule has 0 saturated carbocycles. The zero-order chi connectivity index (χ0) is 29.5. The maximum atomic E-state index is 13.3. The number of aromatic nitrogens is 3. The molecule has 218 valence electrons. The van der Waals surface area contributed by atoms with Crippen LogP contribution in [0.2, 0.25) is 0 Å². The van der Waals surface area contributed by atoms with E-state index >= 15 is 0 Å². The number of carbonyl (C=O) groups is 2. The number of amides is 2. The SMILES string of the molecule is COc1ccc(-n2c(SCC(=O)N3CCN(C(=O)CCc4ccccc4)C(C)C3)nnc2-c2cccc(OC)c2)cc1. The molecule has 3 aromatic carbocycles. The highest BCUT2D eigenvalue weighted by molar-refractivity contribution is 7.99. The summed E-state index contributed by atoms with van der Waals surface area (Å²) in [4.78, 5) is 30.0. The van der Waals surface area contributed by atoms with Gasteiger partial charge >= 0.3 is 0 Å². The Bertz CT molecular complexity index is 1510. The predicted molar refractivity (Wildman–Crippen MR) is 163 cm³/mol. The molecule has 0 spiro atoms. The van der Waals surface area contributed by atoms with E-state index in [2.05, 4.69) is 10.2 Å². The van der Waals surface area contributed by atoms with Crippen molar-refractivity contribution in [3.63, 3.8) is 0 Å². The number of thioether (sulfide) groups is 1. The topological polar surface area (TPSA) is 89.8 Å². The second kappa shape index (κ2) is 13.6. The number of hydrogen-bond acceptors (Lipinski definition) is 7. The van der Waals surface area contributed by atoms with Crippen LogP contribution in [0.4, 0.5) is 0 Å². The molecule has 1 fully saturated rings. The molecule has 1 saturated heterocycles. The number of benzene rings is 3. The summed E-state index contributed by atoms with van der Waals surface area (Å²) in [5.41, 5.74) is 2.85. The lowest BCUT2D eigenvalue weighted by atomic mass is 10.1. The van der Waals surface area contributed by atoms with Crippen molar-refractivity contribution in [3.05, 3.63) is 84.4 Å². The van der Waals surface area contributed by atoms with Gasteiger partial charge in [0.15, 0.2) is 11.0 Å². The maximum Gasteiger partial charge on any atom is 0.233 e. The fraction of sp³-hybridized carbons (Fsp3) is 0.312. The summed E-state index contributed by atoms with van der Waals surface area (Å²) in [5.74, 6) is 2.45. The lowest BCUT2D eigenvalue weighted by Crippen LogP contribution is -2.55. The van der Waals surface area contributed by atoms with Crippen LogP contribution >= 0.6 is 11.8 Å². The van der Waals surface area contributed by atoms with Crippen LogP contribution in [-0.4, -0.2) is 82.0 Å².